The van der Waals surface area contributed by atoms with Crippen LogP contribution in [-0.2, 0) is 13.5 Å². The molecule has 0 radical (unpaired) electrons. The first kappa shape index (κ1) is 11.0. The van der Waals surface area contributed by atoms with Crippen LogP contribution in [0.4, 0.5) is 0 Å². The van der Waals surface area contributed by atoms with Crippen LogP contribution in [0.2, 0.25) is 0 Å². The number of rotatable bonds is 4. The van der Waals surface area contributed by atoms with Crippen molar-refractivity contribution in [3.63, 3.8) is 0 Å². The van der Waals surface area contributed by atoms with E-state index in [1.165, 1.54) is 17.5 Å². The summed E-state index contributed by atoms with van der Waals surface area (Å²) in [5.41, 5.74) is 2.88. The van der Waals surface area contributed by atoms with Crippen LogP contribution in [0.3, 0.4) is 0 Å². The number of aryl methyl sites for hydroxylation is 2. The molecule has 0 bridgehead atoms. The molecule has 1 atom stereocenters. The summed E-state index contributed by atoms with van der Waals surface area (Å²) in [5, 5.41) is 0. The van der Waals surface area contributed by atoms with Gasteiger partial charge in [-0.1, -0.05) is 37.3 Å². The van der Waals surface area contributed by atoms with Crippen molar-refractivity contribution in [1.82, 2.24) is 4.57 Å². The predicted octanol–water partition coefficient (Wildman–Crippen LogP) is 3.76. The van der Waals surface area contributed by atoms with Gasteiger partial charge < -0.3 is 4.57 Å². The highest BCUT2D eigenvalue weighted by Crippen LogP contribution is 2.21. The van der Waals surface area contributed by atoms with Crippen LogP contribution in [0.15, 0.2) is 48.8 Å². The van der Waals surface area contributed by atoms with E-state index in [9.17, 15) is 0 Å². The number of hydrogen-bond donors (Lipinski definition) is 0. The van der Waals surface area contributed by atoms with Crippen LogP contribution in [-0.4, -0.2) is 4.57 Å². The van der Waals surface area contributed by atoms with E-state index in [4.69, 9.17) is 0 Å². The molecule has 0 saturated heterocycles. The molecule has 1 unspecified atom stereocenters. The van der Waals surface area contributed by atoms with E-state index in [2.05, 4.69) is 67.3 Å². The lowest BCUT2D eigenvalue weighted by atomic mass is 9.96. The Morgan fingerprint density at radius 1 is 1.12 bits per heavy atom. The van der Waals surface area contributed by atoms with Crippen LogP contribution in [0, 0.1) is 0 Å². The molecule has 1 heterocycles. The van der Waals surface area contributed by atoms with Gasteiger partial charge in [0.2, 0.25) is 0 Å². The summed E-state index contributed by atoms with van der Waals surface area (Å²) < 4.78 is 2.12. The van der Waals surface area contributed by atoms with Gasteiger partial charge in [0.05, 0.1) is 0 Å². The second-order valence-electron chi connectivity index (χ2n) is 4.54. The Balaban J connectivity index is 1.91. The Morgan fingerprint density at radius 3 is 2.50 bits per heavy atom. The third-order valence-corrected chi connectivity index (χ3v) is 3.13. The van der Waals surface area contributed by atoms with Crippen LogP contribution in [0.25, 0.3) is 0 Å². The normalized spacial score (nSPS) is 12.6. The minimum Gasteiger partial charge on any atom is -0.357 e. The summed E-state index contributed by atoms with van der Waals surface area (Å²) in [6, 6.07) is 12.9. The van der Waals surface area contributed by atoms with E-state index in [0.717, 1.165) is 6.42 Å². The van der Waals surface area contributed by atoms with Crippen LogP contribution >= 0.6 is 0 Å². The maximum Gasteiger partial charge on any atom is 0.0106 e. The third kappa shape index (κ3) is 2.75. The summed E-state index contributed by atoms with van der Waals surface area (Å²) in [7, 11) is 2.08. The molecule has 0 aliphatic heterocycles. The van der Waals surface area contributed by atoms with Gasteiger partial charge in [-0.3, -0.25) is 0 Å². The lowest BCUT2D eigenvalue weighted by Crippen LogP contribution is -1.95. The molecular weight excluding hydrogens is 194 g/mol. The minimum atomic E-state index is 0.640. The Kier molecular flexibility index (Phi) is 3.45. The zero-order chi connectivity index (χ0) is 11.4. The number of benzene rings is 1. The van der Waals surface area contributed by atoms with Gasteiger partial charge in [-0.2, -0.15) is 0 Å². The van der Waals surface area contributed by atoms with Crippen molar-refractivity contribution in [1.29, 1.82) is 0 Å². The Labute approximate surface area is 97.7 Å². The molecule has 0 fully saturated rings. The number of hydrogen-bond acceptors (Lipinski definition) is 0. The largest absolute Gasteiger partial charge is 0.357 e. The summed E-state index contributed by atoms with van der Waals surface area (Å²) in [6.07, 6.45) is 6.72. The maximum absolute atomic E-state index is 2.30. The topological polar surface area (TPSA) is 4.93 Å². The average Bonchev–Trinajstić information content (AvgIpc) is 2.74. The zero-order valence-electron chi connectivity index (χ0n) is 10.1. The van der Waals surface area contributed by atoms with Crippen LogP contribution < -0.4 is 0 Å². The molecule has 1 nitrogen and oxygen atoms in total. The standard InChI is InChI=1S/C15H19N/c1-13(15-10-11-16(2)12-15)8-9-14-6-4-3-5-7-14/h3-7,10-13H,8-9H2,1-2H3. The smallest absolute Gasteiger partial charge is 0.0106 e. The molecule has 1 aromatic heterocycles. The molecule has 0 spiro atoms. The van der Waals surface area contributed by atoms with Crippen LogP contribution in [0.5, 0.6) is 0 Å². The highest BCUT2D eigenvalue weighted by Gasteiger charge is 2.06. The fourth-order valence-corrected chi connectivity index (χ4v) is 2.01. The van der Waals surface area contributed by atoms with Gasteiger partial charge in [0.15, 0.2) is 0 Å². The molecule has 1 heteroatoms. The van der Waals surface area contributed by atoms with Crippen molar-refractivity contribution >= 4 is 0 Å². The van der Waals surface area contributed by atoms with Gasteiger partial charge in [0, 0.05) is 19.4 Å². The Bertz CT molecular complexity index is 428. The third-order valence-electron chi connectivity index (χ3n) is 3.13. The van der Waals surface area contributed by atoms with Gasteiger partial charge in [-0.05, 0) is 36.0 Å². The Hall–Kier alpha value is -1.50. The zero-order valence-corrected chi connectivity index (χ0v) is 10.1. The van der Waals surface area contributed by atoms with E-state index in [1.54, 1.807) is 0 Å². The molecule has 1 aromatic carbocycles. The SMILES string of the molecule is CC(CCc1ccccc1)c1ccn(C)c1. The van der Waals surface area contributed by atoms with Gasteiger partial charge in [-0.15, -0.1) is 0 Å². The predicted molar refractivity (Wildman–Crippen MR) is 68.6 cm³/mol. The van der Waals surface area contributed by atoms with Gasteiger partial charge in [0.1, 0.15) is 0 Å². The van der Waals surface area contributed by atoms with E-state index < -0.39 is 0 Å². The number of aromatic nitrogens is 1. The first-order valence-electron chi connectivity index (χ1n) is 5.91. The fraction of sp³-hybridized carbons (Fsp3) is 0.333. The molecule has 84 valence electrons. The van der Waals surface area contributed by atoms with Crippen LogP contribution in [0.1, 0.15) is 30.4 Å². The van der Waals surface area contributed by atoms with Gasteiger partial charge in [-0.25, -0.2) is 0 Å². The van der Waals surface area contributed by atoms with Crippen molar-refractivity contribution in [3.05, 3.63) is 59.9 Å². The minimum absolute atomic E-state index is 0.640. The molecule has 0 aliphatic rings. The number of nitrogens with zero attached hydrogens (tertiary/aromatic N) is 1. The molecule has 2 aromatic rings. The second-order valence-corrected chi connectivity index (χ2v) is 4.54. The molecule has 2 rings (SSSR count). The first-order valence-corrected chi connectivity index (χ1v) is 5.91. The molecule has 0 aliphatic carbocycles. The van der Waals surface area contributed by atoms with Crippen molar-refractivity contribution in [2.24, 2.45) is 7.05 Å². The Morgan fingerprint density at radius 2 is 1.88 bits per heavy atom. The van der Waals surface area contributed by atoms with E-state index in [1.807, 2.05) is 0 Å². The van der Waals surface area contributed by atoms with E-state index in [-0.39, 0.29) is 0 Å². The van der Waals surface area contributed by atoms with Crippen molar-refractivity contribution in [3.8, 4) is 0 Å². The molecular formula is C15H19N. The quantitative estimate of drug-likeness (QED) is 0.728. The summed E-state index contributed by atoms with van der Waals surface area (Å²) in [5.74, 6) is 0.640. The van der Waals surface area contributed by atoms with E-state index in [0.29, 0.717) is 5.92 Å². The molecule has 0 amide bonds. The van der Waals surface area contributed by atoms with E-state index >= 15 is 0 Å². The monoisotopic (exact) mass is 213 g/mol. The fourth-order valence-electron chi connectivity index (χ4n) is 2.01. The van der Waals surface area contributed by atoms with Crippen molar-refractivity contribution in [2.75, 3.05) is 0 Å². The lowest BCUT2D eigenvalue weighted by molar-refractivity contribution is 0.678. The molecule has 0 saturated carbocycles. The van der Waals surface area contributed by atoms with Crippen molar-refractivity contribution in [2.45, 2.75) is 25.7 Å². The molecule has 0 N–H and O–H groups in total. The molecule has 16 heavy (non-hydrogen) atoms. The van der Waals surface area contributed by atoms with Gasteiger partial charge in [0.25, 0.3) is 0 Å². The second kappa shape index (κ2) is 5.02. The van der Waals surface area contributed by atoms with Gasteiger partial charge >= 0.3 is 0 Å². The lowest BCUT2D eigenvalue weighted by Gasteiger charge is -2.09. The summed E-state index contributed by atoms with van der Waals surface area (Å²) >= 11 is 0. The average molecular weight is 213 g/mol. The van der Waals surface area contributed by atoms with Crippen molar-refractivity contribution < 1.29 is 0 Å². The summed E-state index contributed by atoms with van der Waals surface area (Å²) in [4.78, 5) is 0. The first-order chi connectivity index (χ1) is 7.75. The highest BCUT2D eigenvalue weighted by molar-refractivity contribution is 5.18. The maximum atomic E-state index is 2.30. The highest BCUT2D eigenvalue weighted by atomic mass is 14.9. The summed E-state index contributed by atoms with van der Waals surface area (Å²) in [6.45, 7) is 2.30.